The predicted molar refractivity (Wildman–Crippen MR) is 67.0 cm³/mol. The minimum absolute atomic E-state index is 0.195. The number of H-pyrrole nitrogens is 1. The molecule has 1 aromatic carbocycles. The number of benzene rings is 1. The van der Waals surface area contributed by atoms with Crippen LogP contribution in [-0.4, -0.2) is 29.6 Å². The Morgan fingerprint density at radius 3 is 3.12 bits per heavy atom. The third-order valence-corrected chi connectivity index (χ3v) is 2.66. The van der Waals surface area contributed by atoms with Crippen LogP contribution in [0.5, 0.6) is 0 Å². The molecule has 0 unspecified atom stereocenters. The summed E-state index contributed by atoms with van der Waals surface area (Å²) in [6, 6.07) is 5.52. The van der Waals surface area contributed by atoms with Gasteiger partial charge in [-0.3, -0.25) is 4.79 Å². The van der Waals surface area contributed by atoms with Gasteiger partial charge < -0.3 is 10.6 Å². The fourth-order valence-electron chi connectivity index (χ4n) is 1.95. The Hall–Kier alpha value is -2.21. The van der Waals surface area contributed by atoms with Gasteiger partial charge in [0.25, 0.3) is 5.56 Å². The van der Waals surface area contributed by atoms with E-state index in [0.717, 1.165) is 16.9 Å². The van der Waals surface area contributed by atoms with Crippen LogP contribution in [0.15, 0.2) is 28.0 Å². The lowest BCUT2D eigenvalue weighted by atomic mass is 10.1. The first-order valence-corrected chi connectivity index (χ1v) is 5.30. The average molecular weight is 229 g/mol. The Balaban J connectivity index is 2.31. The molecule has 1 aromatic heterocycles. The zero-order valence-corrected chi connectivity index (χ0v) is 9.24. The summed E-state index contributed by atoms with van der Waals surface area (Å²) in [5.41, 5.74) is 0.677. The number of hydrogen-bond acceptors (Lipinski definition) is 5. The number of rotatable bonds is 2. The van der Waals surface area contributed by atoms with Crippen molar-refractivity contribution in [3.63, 3.8) is 0 Å². The first-order chi connectivity index (χ1) is 8.29. The first-order valence-electron chi connectivity index (χ1n) is 5.30. The second-order valence-corrected chi connectivity index (χ2v) is 3.82. The second-order valence-electron chi connectivity index (χ2n) is 3.82. The van der Waals surface area contributed by atoms with Crippen LogP contribution in [-0.2, 0) is 0 Å². The number of aromatic nitrogens is 2. The van der Waals surface area contributed by atoms with Gasteiger partial charge >= 0.3 is 0 Å². The van der Waals surface area contributed by atoms with Crippen molar-refractivity contribution in [2.24, 2.45) is 4.99 Å². The largest absolute Gasteiger partial charge is 0.342 e. The Labute approximate surface area is 96.8 Å². The molecule has 6 nitrogen and oxygen atoms in total. The van der Waals surface area contributed by atoms with Gasteiger partial charge in [0.15, 0.2) is 5.82 Å². The van der Waals surface area contributed by atoms with Gasteiger partial charge in [-0.15, -0.1) is 0 Å². The van der Waals surface area contributed by atoms with Gasteiger partial charge in [-0.05, 0) is 19.2 Å². The lowest BCUT2D eigenvalue weighted by molar-refractivity contribution is 0.937. The van der Waals surface area contributed by atoms with Crippen LogP contribution in [0.1, 0.15) is 0 Å². The van der Waals surface area contributed by atoms with E-state index in [1.165, 1.54) is 0 Å². The monoisotopic (exact) mass is 229 g/mol. The zero-order chi connectivity index (χ0) is 11.8. The lowest BCUT2D eigenvalue weighted by Crippen LogP contribution is -2.27. The van der Waals surface area contributed by atoms with E-state index < -0.39 is 0 Å². The maximum absolute atomic E-state index is 11.6. The Morgan fingerprint density at radius 2 is 2.29 bits per heavy atom. The van der Waals surface area contributed by atoms with Crippen LogP contribution in [0.25, 0.3) is 10.8 Å². The predicted octanol–water partition coefficient (Wildman–Crippen LogP) is 0.598. The average Bonchev–Trinajstić information content (AvgIpc) is 2.34. The molecule has 0 fully saturated rings. The normalized spacial score (nSPS) is 13.4. The van der Waals surface area contributed by atoms with Gasteiger partial charge in [-0.25, -0.2) is 10.1 Å². The fraction of sp³-hybridized carbons (Fsp3) is 0.182. The van der Waals surface area contributed by atoms with E-state index in [9.17, 15) is 4.79 Å². The molecule has 0 aliphatic carbocycles. The number of nitrogens with zero attached hydrogens (tertiary/aromatic N) is 2. The highest BCUT2D eigenvalue weighted by Crippen LogP contribution is 2.31. The maximum atomic E-state index is 11.6. The van der Waals surface area contributed by atoms with Gasteiger partial charge in [0.05, 0.1) is 23.0 Å². The van der Waals surface area contributed by atoms with Crippen molar-refractivity contribution < 1.29 is 0 Å². The molecular weight excluding hydrogens is 218 g/mol. The van der Waals surface area contributed by atoms with Crippen LogP contribution >= 0.6 is 0 Å². The third kappa shape index (κ3) is 1.50. The second kappa shape index (κ2) is 3.67. The van der Waals surface area contributed by atoms with Gasteiger partial charge in [0.1, 0.15) is 5.84 Å². The van der Waals surface area contributed by atoms with Gasteiger partial charge in [-0.1, -0.05) is 6.07 Å². The van der Waals surface area contributed by atoms with Crippen molar-refractivity contribution in [2.45, 2.75) is 0 Å². The molecule has 0 bridgehead atoms. The van der Waals surface area contributed by atoms with E-state index >= 15 is 0 Å². The smallest absolute Gasteiger partial charge is 0.272 e. The van der Waals surface area contributed by atoms with E-state index in [1.807, 2.05) is 19.2 Å². The minimum atomic E-state index is -0.195. The zero-order valence-electron chi connectivity index (χ0n) is 9.24. The molecule has 0 amide bonds. The van der Waals surface area contributed by atoms with Crippen molar-refractivity contribution in [2.75, 3.05) is 18.9 Å². The van der Waals surface area contributed by atoms with E-state index in [2.05, 4.69) is 25.8 Å². The Kier molecular flexibility index (Phi) is 2.15. The summed E-state index contributed by atoms with van der Waals surface area (Å²) in [6.45, 7) is 0.622. The molecule has 1 aliphatic rings. The molecular formula is C11H11N5O. The number of hydrogen-bond donors (Lipinski definition) is 3. The molecule has 0 radical (unpaired) electrons. The van der Waals surface area contributed by atoms with Crippen molar-refractivity contribution in [3.8, 4) is 0 Å². The van der Waals surface area contributed by atoms with Crippen LogP contribution in [0.3, 0.4) is 0 Å². The molecule has 0 saturated heterocycles. The first kappa shape index (κ1) is 9.98. The molecule has 6 heteroatoms. The van der Waals surface area contributed by atoms with E-state index in [1.54, 1.807) is 6.07 Å². The van der Waals surface area contributed by atoms with Crippen molar-refractivity contribution in [1.29, 1.82) is 0 Å². The highest BCUT2D eigenvalue weighted by atomic mass is 16.1. The van der Waals surface area contributed by atoms with Gasteiger partial charge in [0.2, 0.25) is 0 Å². The topological polar surface area (TPSA) is 82.2 Å². The molecule has 1 aliphatic heterocycles. The summed E-state index contributed by atoms with van der Waals surface area (Å²) < 4.78 is 0. The van der Waals surface area contributed by atoms with Crippen LogP contribution in [0.4, 0.5) is 11.5 Å². The number of aromatic amines is 1. The molecule has 86 valence electrons. The van der Waals surface area contributed by atoms with Crippen molar-refractivity contribution in [3.05, 3.63) is 28.6 Å². The molecule has 3 N–H and O–H groups in total. The molecule has 2 aromatic rings. The molecule has 17 heavy (non-hydrogen) atoms. The van der Waals surface area contributed by atoms with Crippen LogP contribution in [0.2, 0.25) is 0 Å². The third-order valence-electron chi connectivity index (χ3n) is 2.66. The lowest BCUT2D eigenvalue weighted by Gasteiger charge is -2.17. The quantitative estimate of drug-likeness (QED) is 0.704. The minimum Gasteiger partial charge on any atom is -0.342 e. The fourth-order valence-corrected chi connectivity index (χ4v) is 1.95. The van der Waals surface area contributed by atoms with Crippen LogP contribution in [0, 0.1) is 0 Å². The molecule has 0 spiro atoms. The number of aliphatic imine (C=N–C) groups is 1. The molecule has 3 rings (SSSR count). The standard InChI is InChI=1S/C11H11N5O/c1-12-5-8-13-7-4-2-3-6-9(7)10(14-8)15-16-11(6)17/h2-4,12H,5H2,1H3,(H,16,17)(H,13,14,15). The molecule has 0 saturated carbocycles. The van der Waals surface area contributed by atoms with E-state index in [4.69, 9.17) is 0 Å². The van der Waals surface area contributed by atoms with Gasteiger partial charge in [0, 0.05) is 0 Å². The number of likely N-dealkylation sites (N-methyl/N-ethyl adjacent to an activating group) is 1. The Bertz CT molecular complexity index is 673. The highest BCUT2D eigenvalue weighted by Gasteiger charge is 2.16. The summed E-state index contributed by atoms with van der Waals surface area (Å²) in [7, 11) is 1.85. The van der Waals surface area contributed by atoms with E-state index in [-0.39, 0.29) is 5.56 Å². The molecule has 2 heterocycles. The van der Waals surface area contributed by atoms with Crippen molar-refractivity contribution >= 4 is 28.1 Å². The highest BCUT2D eigenvalue weighted by molar-refractivity contribution is 6.12. The Morgan fingerprint density at radius 1 is 1.41 bits per heavy atom. The molecule has 0 atom stereocenters. The summed E-state index contributed by atoms with van der Waals surface area (Å²) in [5.74, 6) is 1.34. The number of anilines is 1. The van der Waals surface area contributed by atoms with Crippen LogP contribution < -0.4 is 16.2 Å². The number of nitrogens with one attached hydrogen (secondary N) is 3. The SMILES string of the molecule is CNCC1=Nc2n[nH]c(=O)c3cccc(c23)N1. The number of amidine groups is 1. The van der Waals surface area contributed by atoms with E-state index in [0.29, 0.717) is 17.7 Å². The summed E-state index contributed by atoms with van der Waals surface area (Å²) >= 11 is 0. The van der Waals surface area contributed by atoms with Gasteiger partial charge in [-0.2, -0.15) is 5.10 Å². The van der Waals surface area contributed by atoms with Crippen molar-refractivity contribution in [1.82, 2.24) is 15.5 Å². The summed E-state index contributed by atoms with van der Waals surface area (Å²) in [5, 5.41) is 14.0. The summed E-state index contributed by atoms with van der Waals surface area (Å²) in [4.78, 5) is 16.0. The summed E-state index contributed by atoms with van der Waals surface area (Å²) in [6.07, 6.45) is 0. The maximum Gasteiger partial charge on any atom is 0.272 e.